The van der Waals surface area contributed by atoms with E-state index in [9.17, 15) is 4.79 Å². The number of hydrogen-bond donors (Lipinski definition) is 1. The molecule has 0 radical (unpaired) electrons. The lowest BCUT2D eigenvalue weighted by Gasteiger charge is -2.20. The van der Waals surface area contributed by atoms with Gasteiger partial charge >= 0.3 is 0 Å². The molecule has 3 nitrogen and oxygen atoms in total. The van der Waals surface area contributed by atoms with E-state index in [4.69, 9.17) is 5.73 Å². The van der Waals surface area contributed by atoms with E-state index in [-0.39, 0.29) is 5.91 Å². The minimum atomic E-state index is -0.324. The Morgan fingerprint density at radius 1 is 1.12 bits per heavy atom. The van der Waals surface area contributed by atoms with E-state index in [1.807, 2.05) is 24.3 Å². The second-order valence-corrected chi connectivity index (χ2v) is 4.71. The van der Waals surface area contributed by atoms with Gasteiger partial charge in [0.05, 0.1) is 0 Å². The van der Waals surface area contributed by atoms with E-state index in [1.54, 1.807) is 0 Å². The van der Waals surface area contributed by atoms with Crippen molar-refractivity contribution in [2.24, 2.45) is 5.73 Å². The third-order valence-corrected chi connectivity index (χ3v) is 3.38. The molecule has 1 aromatic carbocycles. The highest BCUT2D eigenvalue weighted by molar-refractivity contribution is 5.94. The van der Waals surface area contributed by atoms with Gasteiger partial charge in [0.15, 0.2) is 0 Å². The molecule has 0 aromatic heterocycles. The number of likely N-dealkylation sites (tertiary alicyclic amines) is 1. The summed E-state index contributed by atoms with van der Waals surface area (Å²) in [5.41, 5.74) is 7.11. The molecule has 0 bridgehead atoms. The van der Waals surface area contributed by atoms with E-state index in [0.29, 0.717) is 5.56 Å². The van der Waals surface area contributed by atoms with E-state index >= 15 is 0 Å². The van der Waals surface area contributed by atoms with Gasteiger partial charge in [-0.1, -0.05) is 31.0 Å². The third kappa shape index (κ3) is 3.30. The predicted octanol–water partition coefficient (Wildman–Crippen LogP) is 2.16. The van der Waals surface area contributed by atoms with Gasteiger partial charge in [-0.25, -0.2) is 0 Å². The number of amides is 1. The Bertz CT molecular complexity index is 382. The minimum Gasteiger partial charge on any atom is -0.366 e. The van der Waals surface area contributed by atoms with Gasteiger partial charge in [0, 0.05) is 12.1 Å². The van der Waals surface area contributed by atoms with Crippen molar-refractivity contribution in [1.82, 2.24) is 4.90 Å². The molecule has 17 heavy (non-hydrogen) atoms. The summed E-state index contributed by atoms with van der Waals surface area (Å²) in [5, 5.41) is 0. The SMILES string of the molecule is NC(=O)c1ccccc1CN1CCCCCC1. The molecule has 3 heteroatoms. The van der Waals surface area contributed by atoms with E-state index in [0.717, 1.165) is 25.2 Å². The van der Waals surface area contributed by atoms with Crippen LogP contribution in [0.3, 0.4) is 0 Å². The zero-order valence-corrected chi connectivity index (χ0v) is 10.2. The number of hydrogen-bond acceptors (Lipinski definition) is 2. The molecule has 1 heterocycles. The van der Waals surface area contributed by atoms with Crippen molar-refractivity contribution >= 4 is 5.91 Å². The highest BCUT2D eigenvalue weighted by Gasteiger charge is 2.13. The molecule has 0 atom stereocenters. The summed E-state index contributed by atoms with van der Waals surface area (Å²) in [5.74, 6) is -0.324. The van der Waals surface area contributed by atoms with Crippen molar-refractivity contribution in [2.45, 2.75) is 32.2 Å². The molecule has 1 fully saturated rings. The number of carbonyl (C=O) groups excluding carboxylic acids is 1. The Labute approximate surface area is 103 Å². The molecule has 1 aliphatic heterocycles. The molecule has 2 rings (SSSR count). The molecule has 0 spiro atoms. The van der Waals surface area contributed by atoms with Crippen LogP contribution in [-0.2, 0) is 6.54 Å². The number of primary amides is 1. The van der Waals surface area contributed by atoms with Crippen LogP contribution in [-0.4, -0.2) is 23.9 Å². The van der Waals surface area contributed by atoms with Crippen LogP contribution in [0.15, 0.2) is 24.3 Å². The molecular weight excluding hydrogens is 212 g/mol. The van der Waals surface area contributed by atoms with Gasteiger partial charge in [-0.15, -0.1) is 0 Å². The molecule has 92 valence electrons. The first-order chi connectivity index (χ1) is 8.27. The number of nitrogens with zero attached hydrogens (tertiary/aromatic N) is 1. The fraction of sp³-hybridized carbons (Fsp3) is 0.500. The maximum absolute atomic E-state index is 11.3. The van der Waals surface area contributed by atoms with Crippen molar-refractivity contribution in [2.75, 3.05) is 13.1 Å². The second kappa shape index (κ2) is 5.82. The zero-order chi connectivity index (χ0) is 12.1. The molecular formula is C14H20N2O. The smallest absolute Gasteiger partial charge is 0.249 e. The molecule has 1 saturated heterocycles. The van der Waals surface area contributed by atoms with Crippen molar-refractivity contribution in [3.05, 3.63) is 35.4 Å². The molecule has 2 N–H and O–H groups in total. The third-order valence-electron chi connectivity index (χ3n) is 3.38. The summed E-state index contributed by atoms with van der Waals surface area (Å²) >= 11 is 0. The maximum atomic E-state index is 11.3. The molecule has 1 amide bonds. The van der Waals surface area contributed by atoms with Gasteiger partial charge in [-0.05, 0) is 37.6 Å². The van der Waals surface area contributed by atoms with Crippen molar-refractivity contribution in [1.29, 1.82) is 0 Å². The van der Waals surface area contributed by atoms with Crippen LogP contribution in [0.2, 0.25) is 0 Å². The molecule has 1 aliphatic rings. The van der Waals surface area contributed by atoms with Crippen LogP contribution >= 0.6 is 0 Å². The van der Waals surface area contributed by atoms with Gasteiger partial charge in [0.1, 0.15) is 0 Å². The fourth-order valence-electron chi connectivity index (χ4n) is 2.43. The number of nitrogens with two attached hydrogens (primary N) is 1. The zero-order valence-electron chi connectivity index (χ0n) is 10.2. The Hall–Kier alpha value is -1.35. The normalized spacial score (nSPS) is 17.6. The Kier molecular flexibility index (Phi) is 4.15. The van der Waals surface area contributed by atoms with E-state index in [1.165, 1.54) is 25.7 Å². The van der Waals surface area contributed by atoms with Crippen LogP contribution in [0.4, 0.5) is 0 Å². The topological polar surface area (TPSA) is 46.3 Å². The van der Waals surface area contributed by atoms with Crippen LogP contribution in [0.5, 0.6) is 0 Å². The Morgan fingerprint density at radius 2 is 1.76 bits per heavy atom. The highest BCUT2D eigenvalue weighted by atomic mass is 16.1. The lowest BCUT2D eigenvalue weighted by molar-refractivity contribution is 0.0998. The average molecular weight is 232 g/mol. The first kappa shape index (κ1) is 12.1. The summed E-state index contributed by atoms with van der Waals surface area (Å²) < 4.78 is 0. The summed E-state index contributed by atoms with van der Waals surface area (Å²) in [6.45, 7) is 3.11. The molecule has 0 saturated carbocycles. The van der Waals surface area contributed by atoms with Crippen molar-refractivity contribution in [3.8, 4) is 0 Å². The molecule has 1 aromatic rings. The number of rotatable bonds is 3. The van der Waals surface area contributed by atoms with E-state index in [2.05, 4.69) is 4.90 Å². The van der Waals surface area contributed by atoms with Crippen molar-refractivity contribution < 1.29 is 4.79 Å². The molecule has 0 aliphatic carbocycles. The molecule has 0 unspecified atom stereocenters. The van der Waals surface area contributed by atoms with Crippen molar-refractivity contribution in [3.63, 3.8) is 0 Å². The largest absolute Gasteiger partial charge is 0.366 e. The fourth-order valence-corrected chi connectivity index (χ4v) is 2.43. The summed E-state index contributed by atoms with van der Waals surface area (Å²) in [7, 11) is 0. The first-order valence-electron chi connectivity index (χ1n) is 6.37. The summed E-state index contributed by atoms with van der Waals surface area (Å²) in [6, 6.07) is 7.66. The Morgan fingerprint density at radius 3 is 2.41 bits per heavy atom. The highest BCUT2D eigenvalue weighted by Crippen LogP contribution is 2.15. The van der Waals surface area contributed by atoms with Crippen LogP contribution in [0.1, 0.15) is 41.6 Å². The summed E-state index contributed by atoms with van der Waals surface area (Å²) in [4.78, 5) is 13.8. The van der Waals surface area contributed by atoms with Crippen LogP contribution in [0, 0.1) is 0 Å². The lowest BCUT2D eigenvalue weighted by Crippen LogP contribution is -2.26. The second-order valence-electron chi connectivity index (χ2n) is 4.71. The average Bonchev–Trinajstić information content (AvgIpc) is 2.58. The van der Waals surface area contributed by atoms with Gasteiger partial charge in [0.2, 0.25) is 5.91 Å². The minimum absolute atomic E-state index is 0.324. The first-order valence-corrected chi connectivity index (χ1v) is 6.37. The van der Waals surface area contributed by atoms with Gasteiger partial charge in [0.25, 0.3) is 0 Å². The van der Waals surface area contributed by atoms with Gasteiger partial charge < -0.3 is 5.73 Å². The van der Waals surface area contributed by atoms with Crippen LogP contribution < -0.4 is 5.73 Å². The monoisotopic (exact) mass is 232 g/mol. The van der Waals surface area contributed by atoms with Gasteiger partial charge in [-0.2, -0.15) is 0 Å². The number of benzene rings is 1. The maximum Gasteiger partial charge on any atom is 0.249 e. The standard InChI is InChI=1S/C14H20N2O/c15-14(17)13-8-4-3-7-12(13)11-16-9-5-1-2-6-10-16/h3-4,7-8H,1-2,5-6,9-11H2,(H2,15,17). The Balaban J connectivity index is 2.09. The predicted molar refractivity (Wildman–Crippen MR) is 68.7 cm³/mol. The van der Waals surface area contributed by atoms with Gasteiger partial charge in [-0.3, -0.25) is 9.69 Å². The number of carbonyl (C=O) groups is 1. The summed E-state index contributed by atoms with van der Waals surface area (Å²) in [6.07, 6.45) is 5.18. The van der Waals surface area contributed by atoms with Crippen LogP contribution in [0.25, 0.3) is 0 Å². The quantitative estimate of drug-likeness (QED) is 0.868. The lowest BCUT2D eigenvalue weighted by atomic mass is 10.1. The van der Waals surface area contributed by atoms with E-state index < -0.39 is 0 Å².